The number of amides is 2. The summed E-state index contributed by atoms with van der Waals surface area (Å²) in [5, 5.41) is 11.2. The molecular formula is C12H20N2O6. The highest BCUT2D eigenvalue weighted by atomic mass is 16.5. The Labute approximate surface area is 117 Å². The molecule has 0 aromatic heterocycles. The second kappa shape index (κ2) is 7.81. The number of nitrogens with zero attached hydrogens (tertiary/aromatic N) is 1. The number of hydrogen-bond acceptors (Lipinski definition) is 5. The first-order valence-corrected chi connectivity index (χ1v) is 6.39. The Hall–Kier alpha value is -1.67. The number of carboxylic acids is 1. The van der Waals surface area contributed by atoms with Gasteiger partial charge in [-0.25, -0.2) is 4.79 Å². The lowest BCUT2D eigenvalue weighted by atomic mass is 10.2. The molecule has 8 heteroatoms. The van der Waals surface area contributed by atoms with E-state index in [-0.39, 0.29) is 31.7 Å². The van der Waals surface area contributed by atoms with Gasteiger partial charge in [-0.3, -0.25) is 9.59 Å². The number of carbonyl (C=O) groups is 3. The molecule has 1 unspecified atom stereocenters. The SMILES string of the molecule is CC(C)NC(=O)C1COCCN1C(=O)COCC(=O)O. The summed E-state index contributed by atoms with van der Waals surface area (Å²) in [6.45, 7) is 3.49. The number of ether oxygens (including phenoxy) is 2. The second-order valence-electron chi connectivity index (χ2n) is 4.73. The molecule has 0 aliphatic carbocycles. The van der Waals surface area contributed by atoms with Crippen LogP contribution in [0.25, 0.3) is 0 Å². The highest BCUT2D eigenvalue weighted by Crippen LogP contribution is 2.08. The van der Waals surface area contributed by atoms with Crippen LogP contribution in [0, 0.1) is 0 Å². The highest BCUT2D eigenvalue weighted by molar-refractivity contribution is 5.88. The summed E-state index contributed by atoms with van der Waals surface area (Å²) in [5.74, 6) is -1.85. The third kappa shape index (κ3) is 5.14. The normalized spacial score (nSPS) is 18.9. The van der Waals surface area contributed by atoms with Crippen LogP contribution in [0.3, 0.4) is 0 Å². The van der Waals surface area contributed by atoms with Gasteiger partial charge in [0.25, 0.3) is 0 Å². The molecular weight excluding hydrogens is 268 g/mol. The molecule has 1 aliphatic rings. The number of morpholine rings is 1. The summed E-state index contributed by atoms with van der Waals surface area (Å²) < 4.78 is 9.97. The van der Waals surface area contributed by atoms with Crippen LogP contribution in [0.1, 0.15) is 13.8 Å². The first-order valence-electron chi connectivity index (χ1n) is 6.39. The van der Waals surface area contributed by atoms with Gasteiger partial charge < -0.3 is 24.8 Å². The molecule has 8 nitrogen and oxygen atoms in total. The van der Waals surface area contributed by atoms with Crippen LogP contribution in [0.5, 0.6) is 0 Å². The monoisotopic (exact) mass is 288 g/mol. The fourth-order valence-electron chi connectivity index (χ4n) is 1.81. The van der Waals surface area contributed by atoms with E-state index in [2.05, 4.69) is 5.32 Å². The lowest BCUT2D eigenvalue weighted by Crippen LogP contribution is -2.57. The van der Waals surface area contributed by atoms with Crippen LogP contribution in [0.4, 0.5) is 0 Å². The van der Waals surface area contributed by atoms with E-state index in [4.69, 9.17) is 14.6 Å². The number of carboxylic acid groups (broad SMARTS) is 1. The van der Waals surface area contributed by atoms with E-state index in [9.17, 15) is 14.4 Å². The zero-order valence-electron chi connectivity index (χ0n) is 11.6. The van der Waals surface area contributed by atoms with Gasteiger partial charge >= 0.3 is 5.97 Å². The van der Waals surface area contributed by atoms with Crippen molar-refractivity contribution in [3.8, 4) is 0 Å². The van der Waals surface area contributed by atoms with Crippen LogP contribution in [-0.4, -0.2) is 72.8 Å². The van der Waals surface area contributed by atoms with Crippen molar-refractivity contribution < 1.29 is 29.0 Å². The summed E-state index contributed by atoms with van der Waals surface area (Å²) in [6, 6.07) is -0.739. The summed E-state index contributed by atoms with van der Waals surface area (Å²) in [5.41, 5.74) is 0. The maximum Gasteiger partial charge on any atom is 0.329 e. The molecule has 2 N–H and O–H groups in total. The molecule has 0 aromatic carbocycles. The second-order valence-corrected chi connectivity index (χ2v) is 4.73. The van der Waals surface area contributed by atoms with Crippen molar-refractivity contribution in [2.75, 3.05) is 33.0 Å². The fraction of sp³-hybridized carbons (Fsp3) is 0.750. The van der Waals surface area contributed by atoms with Crippen molar-refractivity contribution in [1.29, 1.82) is 0 Å². The molecule has 1 fully saturated rings. The van der Waals surface area contributed by atoms with Gasteiger partial charge in [0.1, 0.15) is 19.3 Å². The lowest BCUT2D eigenvalue weighted by molar-refractivity contribution is -0.154. The Bertz CT molecular complexity index is 371. The third-order valence-corrected chi connectivity index (χ3v) is 2.63. The average Bonchev–Trinajstić information content (AvgIpc) is 2.37. The van der Waals surface area contributed by atoms with E-state index < -0.39 is 24.5 Å². The fourth-order valence-corrected chi connectivity index (χ4v) is 1.81. The van der Waals surface area contributed by atoms with Crippen molar-refractivity contribution >= 4 is 17.8 Å². The van der Waals surface area contributed by atoms with Gasteiger partial charge in [-0.05, 0) is 13.8 Å². The minimum atomic E-state index is -1.14. The Morgan fingerprint density at radius 2 is 2.10 bits per heavy atom. The molecule has 0 aromatic rings. The van der Waals surface area contributed by atoms with Gasteiger partial charge in [-0.1, -0.05) is 0 Å². The first-order chi connectivity index (χ1) is 9.41. The van der Waals surface area contributed by atoms with Gasteiger partial charge in [0.15, 0.2) is 0 Å². The largest absolute Gasteiger partial charge is 0.480 e. The maximum atomic E-state index is 12.0. The minimum absolute atomic E-state index is 0.0374. The van der Waals surface area contributed by atoms with Gasteiger partial charge in [-0.2, -0.15) is 0 Å². The van der Waals surface area contributed by atoms with Crippen molar-refractivity contribution in [3.63, 3.8) is 0 Å². The van der Waals surface area contributed by atoms with Crippen molar-refractivity contribution in [3.05, 3.63) is 0 Å². The van der Waals surface area contributed by atoms with Gasteiger partial charge in [0.2, 0.25) is 11.8 Å². The number of rotatable bonds is 6. The number of hydrogen-bond donors (Lipinski definition) is 2. The predicted octanol–water partition coefficient (Wildman–Crippen LogP) is -1.16. The molecule has 0 saturated carbocycles. The molecule has 1 aliphatic heterocycles. The van der Waals surface area contributed by atoms with Crippen molar-refractivity contribution in [2.45, 2.75) is 25.9 Å². The molecule has 20 heavy (non-hydrogen) atoms. The van der Waals surface area contributed by atoms with E-state index in [0.29, 0.717) is 6.61 Å². The van der Waals surface area contributed by atoms with Gasteiger partial charge in [-0.15, -0.1) is 0 Å². The van der Waals surface area contributed by atoms with E-state index >= 15 is 0 Å². The van der Waals surface area contributed by atoms with E-state index in [1.807, 2.05) is 13.8 Å². The molecule has 1 rings (SSSR count). The molecule has 1 heterocycles. The molecule has 1 saturated heterocycles. The Balaban J connectivity index is 2.56. The summed E-state index contributed by atoms with van der Waals surface area (Å²) in [6.07, 6.45) is 0. The molecule has 0 radical (unpaired) electrons. The minimum Gasteiger partial charge on any atom is -0.480 e. The third-order valence-electron chi connectivity index (χ3n) is 2.63. The predicted molar refractivity (Wildman–Crippen MR) is 68.1 cm³/mol. The highest BCUT2D eigenvalue weighted by Gasteiger charge is 2.32. The molecule has 114 valence electrons. The summed E-state index contributed by atoms with van der Waals surface area (Å²) in [4.78, 5) is 35.6. The molecule has 1 atom stereocenters. The smallest absolute Gasteiger partial charge is 0.329 e. The standard InChI is InChI=1S/C12H20N2O6/c1-8(2)13-12(18)9-5-19-4-3-14(9)10(15)6-20-7-11(16)17/h8-9H,3-7H2,1-2H3,(H,13,18)(H,16,17). The number of nitrogens with one attached hydrogen (secondary N) is 1. The number of aliphatic carboxylic acids is 1. The van der Waals surface area contributed by atoms with Crippen LogP contribution >= 0.6 is 0 Å². The zero-order valence-corrected chi connectivity index (χ0v) is 11.6. The zero-order chi connectivity index (χ0) is 15.1. The Kier molecular flexibility index (Phi) is 6.40. The maximum absolute atomic E-state index is 12.0. The van der Waals surface area contributed by atoms with E-state index in [1.165, 1.54) is 4.90 Å². The van der Waals surface area contributed by atoms with Crippen LogP contribution in [-0.2, 0) is 23.9 Å². The van der Waals surface area contributed by atoms with E-state index in [0.717, 1.165) is 0 Å². The Morgan fingerprint density at radius 1 is 1.40 bits per heavy atom. The molecule has 0 bridgehead atoms. The molecule has 2 amide bonds. The topological polar surface area (TPSA) is 105 Å². The van der Waals surface area contributed by atoms with Crippen molar-refractivity contribution in [2.24, 2.45) is 0 Å². The van der Waals surface area contributed by atoms with E-state index in [1.54, 1.807) is 0 Å². The van der Waals surface area contributed by atoms with Gasteiger partial charge in [0.05, 0.1) is 13.2 Å². The van der Waals surface area contributed by atoms with Crippen molar-refractivity contribution in [1.82, 2.24) is 10.2 Å². The van der Waals surface area contributed by atoms with Crippen LogP contribution in [0.2, 0.25) is 0 Å². The molecule has 0 spiro atoms. The van der Waals surface area contributed by atoms with Crippen LogP contribution in [0.15, 0.2) is 0 Å². The first kappa shape index (κ1) is 16.4. The lowest BCUT2D eigenvalue weighted by Gasteiger charge is -2.34. The number of carbonyl (C=O) groups excluding carboxylic acids is 2. The Morgan fingerprint density at radius 3 is 2.70 bits per heavy atom. The summed E-state index contributed by atoms with van der Waals surface area (Å²) >= 11 is 0. The van der Waals surface area contributed by atoms with Crippen LogP contribution < -0.4 is 5.32 Å². The summed E-state index contributed by atoms with van der Waals surface area (Å²) in [7, 11) is 0. The quantitative estimate of drug-likeness (QED) is 0.638. The van der Waals surface area contributed by atoms with Gasteiger partial charge in [0, 0.05) is 12.6 Å². The average molecular weight is 288 g/mol.